The topological polar surface area (TPSA) is 102 Å². The van der Waals surface area contributed by atoms with Crippen molar-refractivity contribution in [2.75, 3.05) is 5.32 Å². The first-order valence-corrected chi connectivity index (χ1v) is 8.37. The van der Waals surface area contributed by atoms with Gasteiger partial charge in [0.05, 0.1) is 22.2 Å². The predicted octanol–water partition coefficient (Wildman–Crippen LogP) is 3.31. The molecule has 2 heterocycles. The molecule has 0 aliphatic carbocycles. The number of carbonyl (C=O) groups excluding carboxylic acids is 2. The molecule has 0 saturated heterocycles. The Labute approximate surface area is 158 Å². The molecule has 2 aromatic carbocycles. The van der Waals surface area contributed by atoms with E-state index in [1.807, 2.05) is 0 Å². The van der Waals surface area contributed by atoms with E-state index in [9.17, 15) is 14.4 Å². The molecule has 0 unspecified atom stereocenters. The Morgan fingerprint density at radius 2 is 1.79 bits per heavy atom. The largest absolute Gasteiger partial charge is 0.401 e. The summed E-state index contributed by atoms with van der Waals surface area (Å²) in [4.78, 5) is 44.0. The summed E-state index contributed by atoms with van der Waals surface area (Å²) in [6, 6.07) is 16.6. The average molecular weight is 371 g/mol. The van der Waals surface area contributed by atoms with Crippen molar-refractivity contribution in [1.82, 2.24) is 9.97 Å². The van der Waals surface area contributed by atoms with E-state index in [0.29, 0.717) is 34.1 Å². The minimum atomic E-state index is -0.505. The highest BCUT2D eigenvalue weighted by Crippen LogP contribution is 2.18. The van der Waals surface area contributed by atoms with E-state index in [1.165, 1.54) is 12.3 Å². The highest BCUT2D eigenvalue weighted by molar-refractivity contribution is 6.06. The van der Waals surface area contributed by atoms with Crippen molar-refractivity contribution in [1.29, 1.82) is 0 Å². The maximum atomic E-state index is 12.4. The summed E-state index contributed by atoms with van der Waals surface area (Å²) >= 11 is 0. The number of para-hydroxylation sites is 2. The zero-order chi connectivity index (χ0) is 19.5. The number of aromatic nitrogens is 2. The molecule has 7 heteroatoms. The molecule has 0 saturated carbocycles. The maximum Gasteiger partial charge on any atom is 0.347 e. The molecule has 0 atom stereocenters. The fourth-order valence-electron chi connectivity index (χ4n) is 2.69. The Bertz CT molecular complexity index is 1250. The standard InChI is InChI=1S/C21H13N3O4/c25-12-14-5-1-3-7-16(14)23-19(26)13-9-10-18(22-11-13)20-24-17-8-4-2-6-15(17)21(27)28-20/h1-12H,(H,23,26). The van der Waals surface area contributed by atoms with Crippen molar-refractivity contribution in [3.63, 3.8) is 0 Å². The van der Waals surface area contributed by atoms with Crippen LogP contribution in [0.1, 0.15) is 20.7 Å². The minimum absolute atomic E-state index is 0.0713. The molecule has 0 bridgehead atoms. The molecule has 0 fully saturated rings. The monoisotopic (exact) mass is 371 g/mol. The summed E-state index contributed by atoms with van der Waals surface area (Å²) in [6.07, 6.45) is 2.02. The Morgan fingerprint density at radius 3 is 2.57 bits per heavy atom. The second-order valence-electron chi connectivity index (χ2n) is 5.91. The average Bonchev–Trinajstić information content (AvgIpc) is 2.74. The lowest BCUT2D eigenvalue weighted by molar-refractivity contribution is 0.102. The molecule has 28 heavy (non-hydrogen) atoms. The van der Waals surface area contributed by atoms with Gasteiger partial charge in [-0.2, -0.15) is 0 Å². The van der Waals surface area contributed by atoms with E-state index in [-0.39, 0.29) is 11.5 Å². The van der Waals surface area contributed by atoms with Gasteiger partial charge in [0.15, 0.2) is 6.29 Å². The summed E-state index contributed by atoms with van der Waals surface area (Å²) in [7, 11) is 0. The van der Waals surface area contributed by atoms with Crippen LogP contribution in [0.25, 0.3) is 22.5 Å². The lowest BCUT2D eigenvalue weighted by Gasteiger charge is -2.07. The number of pyridine rings is 1. The number of fused-ring (bicyclic) bond motifs is 1. The molecule has 1 amide bonds. The van der Waals surface area contributed by atoms with Crippen molar-refractivity contribution in [3.05, 3.63) is 88.4 Å². The third-order valence-corrected chi connectivity index (χ3v) is 4.12. The van der Waals surface area contributed by atoms with Gasteiger partial charge in [-0.25, -0.2) is 9.78 Å². The fourth-order valence-corrected chi connectivity index (χ4v) is 2.69. The second-order valence-corrected chi connectivity index (χ2v) is 5.91. The van der Waals surface area contributed by atoms with Crippen LogP contribution in [-0.2, 0) is 0 Å². The lowest BCUT2D eigenvalue weighted by Crippen LogP contribution is -2.13. The molecule has 0 aliphatic heterocycles. The summed E-state index contributed by atoms with van der Waals surface area (Å²) in [5.74, 6) is -0.344. The summed E-state index contributed by atoms with van der Waals surface area (Å²) in [5.41, 5.74) is 1.40. The Morgan fingerprint density at radius 1 is 1.00 bits per heavy atom. The zero-order valence-corrected chi connectivity index (χ0v) is 14.5. The van der Waals surface area contributed by atoms with E-state index < -0.39 is 11.5 Å². The summed E-state index contributed by atoms with van der Waals surface area (Å²) in [6.45, 7) is 0. The van der Waals surface area contributed by atoms with Crippen LogP contribution in [0.5, 0.6) is 0 Å². The van der Waals surface area contributed by atoms with Crippen molar-refractivity contribution in [2.24, 2.45) is 0 Å². The quantitative estimate of drug-likeness (QED) is 0.552. The van der Waals surface area contributed by atoms with Gasteiger partial charge in [0.2, 0.25) is 5.89 Å². The SMILES string of the molecule is O=Cc1ccccc1NC(=O)c1ccc(-c2nc3ccccc3c(=O)o2)nc1. The first kappa shape index (κ1) is 17.3. The molecule has 7 nitrogen and oxygen atoms in total. The number of nitrogens with one attached hydrogen (secondary N) is 1. The number of amides is 1. The summed E-state index contributed by atoms with van der Waals surface area (Å²) in [5, 5.41) is 3.06. The van der Waals surface area contributed by atoms with Crippen LogP contribution >= 0.6 is 0 Å². The van der Waals surface area contributed by atoms with Gasteiger partial charge in [-0.1, -0.05) is 24.3 Å². The van der Waals surface area contributed by atoms with Crippen LogP contribution < -0.4 is 10.9 Å². The summed E-state index contributed by atoms with van der Waals surface area (Å²) < 4.78 is 5.23. The van der Waals surface area contributed by atoms with Crippen molar-refractivity contribution >= 4 is 28.8 Å². The number of nitrogens with zero attached hydrogens (tertiary/aromatic N) is 2. The smallest absolute Gasteiger partial charge is 0.347 e. The molecular weight excluding hydrogens is 358 g/mol. The molecule has 1 N–H and O–H groups in total. The van der Waals surface area contributed by atoms with Crippen molar-refractivity contribution < 1.29 is 14.0 Å². The van der Waals surface area contributed by atoms with Gasteiger partial charge in [-0.15, -0.1) is 0 Å². The van der Waals surface area contributed by atoms with Crippen LogP contribution in [0, 0.1) is 0 Å². The number of anilines is 1. The minimum Gasteiger partial charge on any atom is -0.401 e. The Balaban J connectivity index is 1.61. The van der Waals surface area contributed by atoms with E-state index in [0.717, 1.165) is 0 Å². The molecule has 0 spiro atoms. The number of aldehydes is 1. The molecule has 2 aromatic heterocycles. The molecule has 4 rings (SSSR count). The van der Waals surface area contributed by atoms with Crippen LogP contribution in [0.15, 0.2) is 76.1 Å². The van der Waals surface area contributed by atoms with Crippen LogP contribution in [0.4, 0.5) is 5.69 Å². The first-order valence-electron chi connectivity index (χ1n) is 8.37. The van der Waals surface area contributed by atoms with E-state index >= 15 is 0 Å². The lowest BCUT2D eigenvalue weighted by atomic mass is 10.2. The molecule has 136 valence electrons. The van der Waals surface area contributed by atoms with Crippen LogP contribution in [0.3, 0.4) is 0 Å². The number of hydrogen-bond donors (Lipinski definition) is 1. The first-order chi connectivity index (χ1) is 13.7. The number of rotatable bonds is 4. The highest BCUT2D eigenvalue weighted by atomic mass is 16.4. The highest BCUT2D eigenvalue weighted by Gasteiger charge is 2.12. The van der Waals surface area contributed by atoms with Crippen LogP contribution in [-0.4, -0.2) is 22.2 Å². The van der Waals surface area contributed by atoms with Gasteiger partial charge < -0.3 is 9.73 Å². The van der Waals surface area contributed by atoms with Gasteiger partial charge in [-0.05, 0) is 36.4 Å². The normalized spacial score (nSPS) is 10.6. The van der Waals surface area contributed by atoms with Gasteiger partial charge in [0.1, 0.15) is 5.69 Å². The number of hydrogen-bond acceptors (Lipinski definition) is 6. The number of benzene rings is 2. The fraction of sp³-hybridized carbons (Fsp3) is 0. The van der Waals surface area contributed by atoms with Crippen LogP contribution in [0.2, 0.25) is 0 Å². The third-order valence-electron chi connectivity index (χ3n) is 4.12. The van der Waals surface area contributed by atoms with Gasteiger partial charge in [0, 0.05) is 11.8 Å². The van der Waals surface area contributed by atoms with Crippen molar-refractivity contribution in [2.45, 2.75) is 0 Å². The molecule has 4 aromatic rings. The van der Waals surface area contributed by atoms with Gasteiger partial charge >= 0.3 is 5.63 Å². The maximum absolute atomic E-state index is 12.4. The predicted molar refractivity (Wildman–Crippen MR) is 103 cm³/mol. The Kier molecular flexibility index (Phi) is 4.47. The molecule has 0 aliphatic rings. The Hall–Kier alpha value is -4.13. The van der Waals surface area contributed by atoms with Gasteiger partial charge in [0.25, 0.3) is 5.91 Å². The van der Waals surface area contributed by atoms with Crippen molar-refractivity contribution in [3.8, 4) is 11.6 Å². The third kappa shape index (κ3) is 3.28. The second kappa shape index (κ2) is 7.24. The molecule has 0 radical (unpaired) electrons. The zero-order valence-electron chi connectivity index (χ0n) is 14.5. The van der Waals surface area contributed by atoms with E-state index in [4.69, 9.17) is 4.42 Å². The van der Waals surface area contributed by atoms with Gasteiger partial charge in [-0.3, -0.25) is 14.6 Å². The van der Waals surface area contributed by atoms with E-state index in [2.05, 4.69) is 15.3 Å². The van der Waals surface area contributed by atoms with E-state index in [1.54, 1.807) is 54.6 Å². The number of carbonyl (C=O) groups is 2. The molecular formula is C21H13N3O4.